The van der Waals surface area contributed by atoms with Gasteiger partial charge in [-0.2, -0.15) is 0 Å². The molecule has 0 unspecified atom stereocenters. The zero-order chi connectivity index (χ0) is 19.7. The van der Waals surface area contributed by atoms with E-state index in [1.165, 1.54) is 5.56 Å². The Balaban J connectivity index is 1.67. The lowest BCUT2D eigenvalue weighted by Crippen LogP contribution is -2.00. The molecule has 4 rings (SSSR count). The second-order valence-electron chi connectivity index (χ2n) is 6.48. The van der Waals surface area contributed by atoms with Gasteiger partial charge in [0.1, 0.15) is 12.4 Å². The van der Waals surface area contributed by atoms with Gasteiger partial charge in [0, 0.05) is 16.1 Å². The lowest BCUT2D eigenvalue weighted by atomic mass is 10.2. The fourth-order valence-electron chi connectivity index (χ4n) is 3.02. The van der Waals surface area contributed by atoms with E-state index in [-0.39, 0.29) is 0 Å². The third-order valence-electron chi connectivity index (χ3n) is 4.47. The van der Waals surface area contributed by atoms with Crippen molar-refractivity contribution in [2.75, 3.05) is 7.11 Å². The van der Waals surface area contributed by atoms with Crippen LogP contribution in [-0.2, 0) is 6.61 Å². The van der Waals surface area contributed by atoms with Crippen LogP contribution in [-0.4, -0.2) is 17.1 Å². The van der Waals surface area contributed by atoms with Crippen LogP contribution in [0.1, 0.15) is 11.1 Å². The number of aromatic amines is 1. The average molecular weight is 458 g/mol. The van der Waals surface area contributed by atoms with Crippen molar-refractivity contribution in [2.24, 2.45) is 0 Å². The van der Waals surface area contributed by atoms with E-state index in [2.05, 4.69) is 45.0 Å². The van der Waals surface area contributed by atoms with Gasteiger partial charge in [-0.25, -0.2) is 4.98 Å². The third-order valence-corrected chi connectivity index (χ3v) is 5.43. The van der Waals surface area contributed by atoms with E-state index < -0.39 is 0 Å². The molecule has 4 nitrogen and oxygen atoms in total. The van der Waals surface area contributed by atoms with E-state index in [4.69, 9.17) is 21.1 Å². The topological polar surface area (TPSA) is 47.1 Å². The maximum atomic E-state index is 6.22. The molecule has 0 saturated carbocycles. The number of benzene rings is 3. The quantitative estimate of drug-likeness (QED) is 0.370. The molecule has 0 amide bonds. The third kappa shape index (κ3) is 3.73. The zero-order valence-corrected chi connectivity index (χ0v) is 17.8. The van der Waals surface area contributed by atoms with Crippen molar-refractivity contribution in [3.05, 3.63) is 75.2 Å². The summed E-state index contributed by atoms with van der Waals surface area (Å²) in [6, 6.07) is 17.6. The first kappa shape index (κ1) is 18.8. The molecular formula is C22H18BrClN2O2. The van der Waals surface area contributed by atoms with E-state index >= 15 is 0 Å². The molecule has 1 aromatic heterocycles. The molecule has 1 heterocycles. The van der Waals surface area contributed by atoms with E-state index in [0.717, 1.165) is 32.5 Å². The average Bonchev–Trinajstić information content (AvgIpc) is 3.11. The number of fused-ring (bicyclic) bond motifs is 1. The van der Waals surface area contributed by atoms with Gasteiger partial charge in [-0.1, -0.05) is 35.9 Å². The summed E-state index contributed by atoms with van der Waals surface area (Å²) >= 11 is 9.83. The standard InChI is InChI=1S/C22H18BrClN2O2/c1-13-7-8-18-19(9-13)26-22(25-18)15-10-16(23)21(20(11-15)27-2)28-12-14-5-3-4-6-17(14)24/h3-11H,12H2,1-2H3,(H,25,26). The van der Waals surface area contributed by atoms with Crippen LogP contribution >= 0.6 is 27.5 Å². The normalized spacial score (nSPS) is 11.0. The van der Waals surface area contributed by atoms with Gasteiger partial charge in [-0.15, -0.1) is 0 Å². The molecule has 0 atom stereocenters. The fourth-order valence-corrected chi connectivity index (χ4v) is 3.77. The van der Waals surface area contributed by atoms with Crippen molar-refractivity contribution in [2.45, 2.75) is 13.5 Å². The number of rotatable bonds is 5. The number of nitrogens with one attached hydrogen (secondary N) is 1. The molecule has 28 heavy (non-hydrogen) atoms. The van der Waals surface area contributed by atoms with Crippen LogP contribution in [0.15, 0.2) is 59.1 Å². The molecule has 0 aliphatic rings. The number of methoxy groups -OCH3 is 1. The first-order valence-electron chi connectivity index (χ1n) is 8.75. The molecule has 4 aromatic rings. The highest BCUT2D eigenvalue weighted by atomic mass is 79.9. The summed E-state index contributed by atoms with van der Waals surface area (Å²) in [6.07, 6.45) is 0. The summed E-state index contributed by atoms with van der Waals surface area (Å²) in [7, 11) is 1.62. The number of H-pyrrole nitrogens is 1. The molecular weight excluding hydrogens is 440 g/mol. The molecule has 0 aliphatic heterocycles. The maximum absolute atomic E-state index is 6.22. The molecule has 0 fully saturated rings. The Morgan fingerprint density at radius 2 is 1.93 bits per heavy atom. The molecule has 1 N–H and O–H groups in total. The molecule has 0 aliphatic carbocycles. The number of ether oxygens (including phenoxy) is 2. The summed E-state index contributed by atoms with van der Waals surface area (Å²) in [6.45, 7) is 2.41. The van der Waals surface area contributed by atoms with Crippen LogP contribution in [0, 0.1) is 6.92 Å². The second kappa shape index (κ2) is 7.86. The highest BCUT2D eigenvalue weighted by Gasteiger charge is 2.15. The fraction of sp³-hybridized carbons (Fsp3) is 0.136. The van der Waals surface area contributed by atoms with Crippen molar-refractivity contribution in [1.82, 2.24) is 9.97 Å². The summed E-state index contributed by atoms with van der Waals surface area (Å²) in [4.78, 5) is 8.06. The Hall–Kier alpha value is -2.50. The Labute approximate surface area is 176 Å². The number of nitrogens with zero attached hydrogens (tertiary/aromatic N) is 1. The van der Waals surface area contributed by atoms with Crippen molar-refractivity contribution >= 4 is 38.6 Å². The minimum absolute atomic E-state index is 0.345. The van der Waals surface area contributed by atoms with Crippen molar-refractivity contribution in [1.29, 1.82) is 0 Å². The lowest BCUT2D eigenvalue weighted by Gasteiger charge is -2.14. The molecule has 0 saturated heterocycles. The van der Waals surface area contributed by atoms with E-state index in [1.807, 2.05) is 42.5 Å². The molecule has 142 valence electrons. The minimum Gasteiger partial charge on any atom is -0.493 e. The van der Waals surface area contributed by atoms with Gasteiger partial charge in [-0.3, -0.25) is 0 Å². The Bertz CT molecular complexity index is 1160. The summed E-state index contributed by atoms with van der Waals surface area (Å²) < 4.78 is 12.4. The van der Waals surface area contributed by atoms with Crippen molar-refractivity contribution < 1.29 is 9.47 Å². The second-order valence-corrected chi connectivity index (χ2v) is 7.74. The van der Waals surface area contributed by atoms with E-state index in [1.54, 1.807) is 7.11 Å². The van der Waals surface area contributed by atoms with Gasteiger partial charge in [0.25, 0.3) is 0 Å². The van der Waals surface area contributed by atoms with Gasteiger partial charge >= 0.3 is 0 Å². The number of halogens is 2. The Morgan fingerprint density at radius 1 is 1.11 bits per heavy atom. The first-order valence-corrected chi connectivity index (χ1v) is 9.92. The Morgan fingerprint density at radius 3 is 2.71 bits per heavy atom. The number of hydrogen-bond donors (Lipinski definition) is 1. The van der Waals surface area contributed by atoms with Crippen molar-refractivity contribution in [3.63, 3.8) is 0 Å². The van der Waals surface area contributed by atoms with Crippen LogP contribution in [0.3, 0.4) is 0 Å². The molecule has 0 bridgehead atoms. The van der Waals surface area contributed by atoms with Gasteiger partial charge in [0.05, 0.1) is 22.6 Å². The molecule has 3 aromatic carbocycles. The molecule has 6 heteroatoms. The van der Waals surface area contributed by atoms with Gasteiger partial charge in [0.2, 0.25) is 0 Å². The SMILES string of the molecule is COc1cc(-c2nc3ccc(C)cc3[nH]2)cc(Br)c1OCc1ccccc1Cl. The zero-order valence-electron chi connectivity index (χ0n) is 15.4. The number of aryl methyl sites for hydroxylation is 1. The molecule has 0 radical (unpaired) electrons. The van der Waals surface area contributed by atoms with Crippen LogP contribution in [0.25, 0.3) is 22.4 Å². The smallest absolute Gasteiger partial charge is 0.175 e. The number of hydrogen-bond acceptors (Lipinski definition) is 3. The number of imidazole rings is 1. The monoisotopic (exact) mass is 456 g/mol. The van der Waals surface area contributed by atoms with Crippen LogP contribution in [0.2, 0.25) is 5.02 Å². The lowest BCUT2D eigenvalue weighted by molar-refractivity contribution is 0.283. The Kier molecular flexibility index (Phi) is 5.29. The highest BCUT2D eigenvalue weighted by molar-refractivity contribution is 9.10. The van der Waals surface area contributed by atoms with E-state index in [9.17, 15) is 0 Å². The predicted molar refractivity (Wildman–Crippen MR) is 116 cm³/mol. The highest BCUT2D eigenvalue weighted by Crippen LogP contribution is 2.40. The summed E-state index contributed by atoms with van der Waals surface area (Å²) in [5.74, 6) is 2.02. The van der Waals surface area contributed by atoms with Crippen LogP contribution < -0.4 is 9.47 Å². The molecule has 0 spiro atoms. The first-order chi connectivity index (χ1) is 13.5. The van der Waals surface area contributed by atoms with E-state index in [0.29, 0.717) is 23.1 Å². The predicted octanol–water partition coefficient (Wildman–Crippen LogP) is 6.54. The van der Waals surface area contributed by atoms with Crippen molar-refractivity contribution in [3.8, 4) is 22.9 Å². The van der Waals surface area contributed by atoms with Gasteiger partial charge < -0.3 is 14.5 Å². The summed E-state index contributed by atoms with van der Waals surface area (Å²) in [5, 5.41) is 0.673. The van der Waals surface area contributed by atoms with Gasteiger partial charge in [-0.05, 0) is 58.7 Å². The van der Waals surface area contributed by atoms with Gasteiger partial charge in [0.15, 0.2) is 11.5 Å². The minimum atomic E-state index is 0.345. The number of aromatic nitrogens is 2. The van der Waals surface area contributed by atoms with Crippen LogP contribution in [0.5, 0.6) is 11.5 Å². The van der Waals surface area contributed by atoms with Crippen LogP contribution in [0.4, 0.5) is 0 Å². The maximum Gasteiger partial charge on any atom is 0.175 e. The largest absolute Gasteiger partial charge is 0.493 e. The summed E-state index contributed by atoms with van der Waals surface area (Å²) in [5.41, 5.74) is 4.93.